The van der Waals surface area contributed by atoms with Crippen molar-refractivity contribution in [3.05, 3.63) is 59.8 Å². The van der Waals surface area contributed by atoms with E-state index >= 15 is 0 Å². The summed E-state index contributed by atoms with van der Waals surface area (Å²) in [7, 11) is 1.36. The summed E-state index contributed by atoms with van der Waals surface area (Å²) in [6.45, 7) is 0.713. The van der Waals surface area contributed by atoms with Gasteiger partial charge in [-0.3, -0.25) is 0 Å². The van der Waals surface area contributed by atoms with Crippen LogP contribution >= 0.6 is 0 Å². The van der Waals surface area contributed by atoms with Gasteiger partial charge in [0, 0.05) is 12.7 Å². The second-order valence-electron chi connectivity index (χ2n) is 4.05. The Labute approximate surface area is 112 Å². The molecule has 0 aliphatic heterocycles. The smallest absolute Gasteiger partial charge is 0.341 e. The number of hydrogen-bond donors (Lipinski definition) is 1. The lowest BCUT2D eigenvalue weighted by atomic mass is 10.1. The third-order valence-corrected chi connectivity index (χ3v) is 2.76. The molecule has 1 aromatic carbocycles. The van der Waals surface area contributed by atoms with Crippen molar-refractivity contribution >= 4 is 11.8 Å². The molecule has 0 aliphatic rings. The molecule has 1 heterocycles. The first-order valence-corrected chi connectivity index (χ1v) is 6.12. The van der Waals surface area contributed by atoms with Crippen LogP contribution in [0.5, 0.6) is 0 Å². The van der Waals surface area contributed by atoms with Crippen molar-refractivity contribution < 1.29 is 9.53 Å². The highest BCUT2D eigenvalue weighted by atomic mass is 16.5. The van der Waals surface area contributed by atoms with Gasteiger partial charge in [0.2, 0.25) is 0 Å². The third-order valence-electron chi connectivity index (χ3n) is 2.76. The minimum Gasteiger partial charge on any atom is -0.465 e. The molecule has 0 spiro atoms. The fraction of sp³-hybridized carbons (Fsp3) is 0.200. The number of carbonyl (C=O) groups excluding carboxylic acids is 1. The van der Waals surface area contributed by atoms with E-state index in [0.29, 0.717) is 17.9 Å². The van der Waals surface area contributed by atoms with Gasteiger partial charge in [0.15, 0.2) is 0 Å². The fourth-order valence-electron chi connectivity index (χ4n) is 1.79. The maximum Gasteiger partial charge on any atom is 0.341 e. The Hall–Kier alpha value is -2.36. The molecule has 19 heavy (non-hydrogen) atoms. The molecular weight excluding hydrogens is 240 g/mol. The van der Waals surface area contributed by atoms with E-state index in [9.17, 15) is 4.79 Å². The highest BCUT2D eigenvalue weighted by Gasteiger charge is 2.11. The maximum atomic E-state index is 11.6. The molecule has 0 radical (unpaired) electrons. The zero-order valence-corrected chi connectivity index (χ0v) is 10.8. The summed E-state index contributed by atoms with van der Waals surface area (Å²) in [5.41, 5.74) is 1.70. The van der Waals surface area contributed by atoms with E-state index in [2.05, 4.69) is 22.4 Å². The first kappa shape index (κ1) is 13.1. The largest absolute Gasteiger partial charge is 0.465 e. The minimum absolute atomic E-state index is 0.379. The van der Waals surface area contributed by atoms with Gasteiger partial charge in [-0.25, -0.2) is 9.78 Å². The van der Waals surface area contributed by atoms with Crippen molar-refractivity contribution in [1.29, 1.82) is 0 Å². The number of carbonyl (C=O) groups is 1. The number of rotatable bonds is 5. The molecule has 1 N–H and O–H groups in total. The summed E-state index contributed by atoms with van der Waals surface area (Å²) < 4.78 is 4.72. The Bertz CT molecular complexity index is 541. The molecular formula is C15H16N2O2. The average Bonchev–Trinajstić information content (AvgIpc) is 2.48. The second kappa shape index (κ2) is 6.54. The number of esters is 1. The predicted molar refractivity (Wildman–Crippen MR) is 74.2 cm³/mol. The van der Waals surface area contributed by atoms with E-state index in [1.165, 1.54) is 12.7 Å². The van der Waals surface area contributed by atoms with Gasteiger partial charge in [-0.05, 0) is 24.1 Å². The van der Waals surface area contributed by atoms with Gasteiger partial charge in [0.05, 0.1) is 7.11 Å². The van der Waals surface area contributed by atoms with Gasteiger partial charge in [-0.15, -0.1) is 0 Å². The lowest BCUT2D eigenvalue weighted by Crippen LogP contribution is -2.12. The number of nitrogens with zero attached hydrogens (tertiary/aromatic N) is 1. The van der Waals surface area contributed by atoms with E-state index in [1.807, 2.05) is 18.2 Å². The molecule has 1 aromatic heterocycles. The second-order valence-corrected chi connectivity index (χ2v) is 4.05. The van der Waals surface area contributed by atoms with Crippen molar-refractivity contribution in [2.45, 2.75) is 6.42 Å². The molecule has 4 heteroatoms. The summed E-state index contributed by atoms with van der Waals surface area (Å²) in [5.74, 6) is 0.181. The van der Waals surface area contributed by atoms with Crippen molar-refractivity contribution in [1.82, 2.24) is 4.98 Å². The summed E-state index contributed by atoms with van der Waals surface area (Å²) in [6.07, 6.45) is 2.52. The maximum absolute atomic E-state index is 11.6. The topological polar surface area (TPSA) is 51.2 Å². The van der Waals surface area contributed by atoms with Gasteiger partial charge in [-0.1, -0.05) is 30.3 Å². The van der Waals surface area contributed by atoms with Gasteiger partial charge >= 0.3 is 5.97 Å². The molecule has 4 nitrogen and oxygen atoms in total. The number of nitrogens with one attached hydrogen (secondary N) is 1. The molecule has 0 fully saturated rings. The summed E-state index contributed by atoms with van der Waals surface area (Å²) in [5, 5.41) is 3.17. The Kier molecular flexibility index (Phi) is 4.50. The summed E-state index contributed by atoms with van der Waals surface area (Å²) >= 11 is 0. The number of ether oxygens (including phenoxy) is 1. The number of methoxy groups -OCH3 is 1. The molecule has 2 rings (SSSR count). The average molecular weight is 256 g/mol. The van der Waals surface area contributed by atoms with Crippen LogP contribution in [-0.2, 0) is 11.2 Å². The van der Waals surface area contributed by atoms with Gasteiger partial charge in [0.25, 0.3) is 0 Å². The van der Waals surface area contributed by atoms with Crippen LogP contribution in [0.4, 0.5) is 5.82 Å². The normalized spacial score (nSPS) is 9.95. The minimum atomic E-state index is -0.379. The number of anilines is 1. The van der Waals surface area contributed by atoms with E-state index in [1.54, 1.807) is 18.3 Å². The van der Waals surface area contributed by atoms with Crippen LogP contribution in [0.25, 0.3) is 0 Å². The van der Waals surface area contributed by atoms with Gasteiger partial charge < -0.3 is 10.1 Å². The number of benzene rings is 1. The van der Waals surface area contributed by atoms with Gasteiger partial charge in [-0.2, -0.15) is 0 Å². The zero-order valence-electron chi connectivity index (χ0n) is 10.8. The van der Waals surface area contributed by atoms with E-state index < -0.39 is 0 Å². The summed E-state index contributed by atoms with van der Waals surface area (Å²) in [4.78, 5) is 15.7. The molecule has 98 valence electrons. The van der Waals surface area contributed by atoms with Crippen LogP contribution in [0, 0.1) is 0 Å². The van der Waals surface area contributed by atoms with E-state index in [-0.39, 0.29) is 5.97 Å². The number of hydrogen-bond acceptors (Lipinski definition) is 4. The van der Waals surface area contributed by atoms with E-state index in [0.717, 1.165) is 6.42 Å². The Morgan fingerprint density at radius 3 is 2.74 bits per heavy atom. The lowest BCUT2D eigenvalue weighted by molar-refractivity contribution is 0.0601. The van der Waals surface area contributed by atoms with Crippen molar-refractivity contribution in [2.75, 3.05) is 19.0 Å². The molecule has 0 saturated heterocycles. The highest BCUT2D eigenvalue weighted by molar-refractivity contribution is 5.94. The molecule has 0 bridgehead atoms. The number of aromatic nitrogens is 1. The molecule has 0 atom stereocenters. The standard InChI is InChI=1S/C15H16N2O2/c1-19-15(18)13-8-5-10-16-14(13)17-11-9-12-6-3-2-4-7-12/h2-8,10H,9,11H2,1H3,(H,16,17). The van der Waals surface area contributed by atoms with Crippen LogP contribution in [0.1, 0.15) is 15.9 Å². The van der Waals surface area contributed by atoms with Crippen LogP contribution in [-0.4, -0.2) is 24.6 Å². The molecule has 0 saturated carbocycles. The van der Waals surface area contributed by atoms with Gasteiger partial charge in [0.1, 0.15) is 11.4 Å². The Balaban J connectivity index is 1.98. The Morgan fingerprint density at radius 2 is 2.00 bits per heavy atom. The summed E-state index contributed by atoms with van der Waals surface area (Å²) in [6, 6.07) is 13.6. The monoisotopic (exact) mass is 256 g/mol. The SMILES string of the molecule is COC(=O)c1cccnc1NCCc1ccccc1. The Morgan fingerprint density at radius 1 is 1.21 bits per heavy atom. The van der Waals surface area contributed by atoms with Crippen LogP contribution in [0.3, 0.4) is 0 Å². The third kappa shape index (κ3) is 3.55. The molecule has 2 aromatic rings. The molecule has 0 amide bonds. The van der Waals surface area contributed by atoms with Crippen molar-refractivity contribution in [3.8, 4) is 0 Å². The first-order valence-electron chi connectivity index (χ1n) is 6.12. The number of pyridine rings is 1. The fourth-order valence-corrected chi connectivity index (χ4v) is 1.79. The quantitative estimate of drug-likeness (QED) is 0.835. The van der Waals surface area contributed by atoms with Crippen LogP contribution in [0.2, 0.25) is 0 Å². The molecule has 0 unspecified atom stereocenters. The zero-order chi connectivity index (χ0) is 13.5. The van der Waals surface area contributed by atoms with Crippen molar-refractivity contribution in [3.63, 3.8) is 0 Å². The van der Waals surface area contributed by atoms with E-state index in [4.69, 9.17) is 4.74 Å². The van der Waals surface area contributed by atoms with Crippen LogP contribution < -0.4 is 5.32 Å². The lowest BCUT2D eigenvalue weighted by Gasteiger charge is -2.09. The highest BCUT2D eigenvalue weighted by Crippen LogP contribution is 2.12. The molecule has 0 aliphatic carbocycles. The van der Waals surface area contributed by atoms with Crippen molar-refractivity contribution in [2.24, 2.45) is 0 Å². The first-order chi connectivity index (χ1) is 9.31. The predicted octanol–water partition coefficient (Wildman–Crippen LogP) is 2.52. The van der Waals surface area contributed by atoms with Crippen LogP contribution in [0.15, 0.2) is 48.7 Å².